The van der Waals surface area contributed by atoms with Crippen LogP contribution in [-0.2, 0) is 0 Å². The van der Waals surface area contributed by atoms with Crippen molar-refractivity contribution in [2.75, 3.05) is 10.6 Å². The summed E-state index contributed by atoms with van der Waals surface area (Å²) in [7, 11) is 0. The Morgan fingerprint density at radius 3 is 1.60 bits per heavy atom. The van der Waals surface area contributed by atoms with Gasteiger partial charge >= 0.3 is 0 Å². The van der Waals surface area contributed by atoms with Crippen LogP contribution in [0.4, 0.5) is 11.9 Å². The average molecular weight is 661 g/mol. The highest BCUT2D eigenvalue weighted by atomic mass is 15.5. The van der Waals surface area contributed by atoms with E-state index in [2.05, 4.69) is 95.4 Å². The Morgan fingerprint density at radius 2 is 1.02 bits per heavy atom. The van der Waals surface area contributed by atoms with Gasteiger partial charge in [-0.05, 0) is 74.2 Å². The second-order valence-electron chi connectivity index (χ2n) is 12.0. The number of aromatic nitrogens is 10. The van der Waals surface area contributed by atoms with Crippen LogP contribution in [0.25, 0.3) is 33.7 Å². The van der Waals surface area contributed by atoms with Crippen LogP contribution in [0.15, 0.2) is 122 Å². The van der Waals surface area contributed by atoms with E-state index in [1.807, 2.05) is 92.7 Å². The van der Waals surface area contributed by atoms with E-state index in [1.165, 1.54) is 11.1 Å². The molecule has 0 aliphatic rings. The van der Waals surface area contributed by atoms with E-state index in [1.54, 1.807) is 21.8 Å². The van der Waals surface area contributed by atoms with Gasteiger partial charge in [0.05, 0.1) is 23.1 Å². The molecule has 0 amide bonds. The Hall–Kier alpha value is -6.56. The van der Waals surface area contributed by atoms with Gasteiger partial charge in [0.2, 0.25) is 11.9 Å². The van der Waals surface area contributed by atoms with Crippen molar-refractivity contribution < 1.29 is 0 Å². The van der Waals surface area contributed by atoms with Crippen molar-refractivity contribution in [2.45, 2.75) is 39.8 Å². The Balaban J connectivity index is 0.000000157. The Morgan fingerprint density at radius 1 is 0.520 bits per heavy atom. The van der Waals surface area contributed by atoms with Crippen LogP contribution in [0.2, 0.25) is 0 Å². The fraction of sp³-hybridized carbons (Fsp3) is 0.158. The lowest BCUT2D eigenvalue weighted by atomic mass is 10.1. The summed E-state index contributed by atoms with van der Waals surface area (Å²) in [6.45, 7) is 8.25. The molecule has 0 fully saturated rings. The van der Waals surface area contributed by atoms with Gasteiger partial charge in [0.25, 0.3) is 0 Å². The second-order valence-corrected chi connectivity index (χ2v) is 12.0. The first-order chi connectivity index (χ1) is 24.4. The number of aryl methyl sites for hydroxylation is 2. The van der Waals surface area contributed by atoms with Crippen molar-refractivity contribution >= 4 is 34.0 Å². The zero-order valence-corrected chi connectivity index (χ0v) is 28.2. The third kappa shape index (κ3) is 7.14. The molecule has 4 heterocycles. The van der Waals surface area contributed by atoms with Gasteiger partial charge in [-0.15, -0.1) is 10.2 Å². The Bertz CT molecular complexity index is 2350. The van der Waals surface area contributed by atoms with Gasteiger partial charge in [-0.25, -0.2) is 9.97 Å². The summed E-state index contributed by atoms with van der Waals surface area (Å²) in [5.41, 5.74) is 8.22. The summed E-state index contributed by atoms with van der Waals surface area (Å²) < 4.78 is 3.47. The molecule has 0 aliphatic heterocycles. The summed E-state index contributed by atoms with van der Waals surface area (Å²) >= 11 is 0. The van der Waals surface area contributed by atoms with E-state index in [0.717, 1.165) is 33.2 Å². The average Bonchev–Trinajstić information content (AvgIpc) is 3.77. The van der Waals surface area contributed by atoms with Gasteiger partial charge < -0.3 is 10.6 Å². The number of hydrogen-bond acceptors (Lipinski definition) is 10. The predicted molar refractivity (Wildman–Crippen MR) is 195 cm³/mol. The van der Waals surface area contributed by atoms with Crippen LogP contribution in [0.5, 0.6) is 0 Å². The number of anilines is 2. The minimum Gasteiger partial charge on any atom is -0.348 e. The van der Waals surface area contributed by atoms with Crippen LogP contribution < -0.4 is 10.6 Å². The summed E-state index contributed by atoms with van der Waals surface area (Å²) in [6, 6.07) is 36.4. The maximum atomic E-state index is 4.60. The van der Waals surface area contributed by atoms with Crippen LogP contribution in [0.1, 0.15) is 48.2 Å². The van der Waals surface area contributed by atoms with Gasteiger partial charge in [-0.2, -0.15) is 19.3 Å². The lowest BCUT2D eigenvalue weighted by Crippen LogP contribution is -2.11. The number of nitrogens with zero attached hydrogens (tertiary/aromatic N) is 10. The molecule has 4 aromatic carbocycles. The van der Waals surface area contributed by atoms with Crippen molar-refractivity contribution in [1.82, 2.24) is 49.9 Å². The van der Waals surface area contributed by atoms with E-state index in [4.69, 9.17) is 0 Å². The number of rotatable bonds is 8. The molecule has 0 radical (unpaired) electrons. The number of benzene rings is 4. The van der Waals surface area contributed by atoms with E-state index < -0.39 is 0 Å². The first-order valence-corrected chi connectivity index (χ1v) is 16.4. The summed E-state index contributed by atoms with van der Waals surface area (Å²) in [6.07, 6.45) is 3.45. The molecule has 248 valence electrons. The molecule has 2 N–H and O–H groups in total. The SMILES string of the molecule is Cc1ccc2c(c1)nnn2-c1ccnc(N[C@@H](C)c2ccccc2)n1.Cc1ccc2nnn(-c3ccnc(N[C@@H](C)c4ccccc4)n3)c2c1. The molecule has 0 saturated carbocycles. The van der Waals surface area contributed by atoms with Gasteiger partial charge in [-0.3, -0.25) is 0 Å². The van der Waals surface area contributed by atoms with E-state index in [-0.39, 0.29) is 12.1 Å². The van der Waals surface area contributed by atoms with Crippen molar-refractivity contribution in [1.29, 1.82) is 0 Å². The second kappa shape index (κ2) is 14.3. The standard InChI is InChI=1S/2C19H18N6/c1-13-8-9-17-16(12-13)23-24-25(17)18-10-11-20-19(22-18)21-14(2)15-6-4-3-5-7-15;1-13-8-9-16-17(12-13)25(24-23-16)18-10-11-20-19(22-18)21-14(2)15-6-4-3-5-7-15/h2*3-12,14H,1-2H3,(H,20,21,22)/t2*14-/m00/s1. The highest BCUT2D eigenvalue weighted by molar-refractivity contribution is 5.77. The van der Waals surface area contributed by atoms with Crippen LogP contribution in [0.3, 0.4) is 0 Å². The smallest absolute Gasteiger partial charge is 0.225 e. The third-order valence-corrected chi connectivity index (χ3v) is 8.21. The molecular weight excluding hydrogens is 625 g/mol. The van der Waals surface area contributed by atoms with E-state index in [0.29, 0.717) is 23.5 Å². The minimum atomic E-state index is 0.103. The quantitative estimate of drug-likeness (QED) is 0.170. The third-order valence-electron chi connectivity index (χ3n) is 8.21. The van der Waals surface area contributed by atoms with Gasteiger partial charge in [0, 0.05) is 24.5 Å². The highest BCUT2D eigenvalue weighted by Gasteiger charge is 2.13. The van der Waals surface area contributed by atoms with Gasteiger partial charge in [0.1, 0.15) is 11.0 Å². The molecule has 12 heteroatoms. The largest absolute Gasteiger partial charge is 0.348 e. The monoisotopic (exact) mass is 660 g/mol. The molecule has 0 bridgehead atoms. The van der Waals surface area contributed by atoms with Gasteiger partial charge in [0.15, 0.2) is 11.6 Å². The fourth-order valence-corrected chi connectivity index (χ4v) is 5.51. The zero-order chi connectivity index (χ0) is 34.5. The molecule has 0 spiro atoms. The van der Waals surface area contributed by atoms with Gasteiger partial charge in [-0.1, -0.05) is 83.2 Å². The Kier molecular flexibility index (Phi) is 9.14. The predicted octanol–water partition coefficient (Wildman–Crippen LogP) is 7.38. The van der Waals surface area contributed by atoms with Crippen LogP contribution in [-0.4, -0.2) is 49.9 Å². The first-order valence-electron chi connectivity index (χ1n) is 16.4. The maximum Gasteiger partial charge on any atom is 0.225 e. The zero-order valence-electron chi connectivity index (χ0n) is 28.2. The maximum absolute atomic E-state index is 4.60. The van der Waals surface area contributed by atoms with Crippen molar-refractivity contribution in [3.8, 4) is 11.6 Å². The lowest BCUT2D eigenvalue weighted by Gasteiger charge is -2.14. The van der Waals surface area contributed by atoms with E-state index >= 15 is 0 Å². The normalized spacial score (nSPS) is 12.2. The molecule has 8 aromatic rings. The van der Waals surface area contributed by atoms with Crippen LogP contribution in [0, 0.1) is 13.8 Å². The van der Waals surface area contributed by atoms with Crippen LogP contribution >= 0.6 is 0 Å². The lowest BCUT2D eigenvalue weighted by molar-refractivity contribution is 0.790. The fourth-order valence-electron chi connectivity index (χ4n) is 5.51. The first kappa shape index (κ1) is 32.0. The summed E-state index contributed by atoms with van der Waals surface area (Å²) in [5, 5.41) is 23.6. The van der Waals surface area contributed by atoms with Crippen molar-refractivity contribution in [2.24, 2.45) is 0 Å². The topological polar surface area (TPSA) is 137 Å². The highest BCUT2D eigenvalue weighted by Crippen LogP contribution is 2.21. The molecule has 4 aromatic heterocycles. The molecule has 2 atom stereocenters. The van der Waals surface area contributed by atoms with Crippen molar-refractivity contribution in [3.63, 3.8) is 0 Å². The molecule has 12 nitrogen and oxygen atoms in total. The Labute approximate surface area is 289 Å². The molecular formula is C38H36N12. The molecule has 8 rings (SSSR count). The van der Waals surface area contributed by atoms with E-state index in [9.17, 15) is 0 Å². The number of fused-ring (bicyclic) bond motifs is 2. The number of nitrogens with one attached hydrogen (secondary N) is 2. The molecule has 0 saturated heterocycles. The minimum absolute atomic E-state index is 0.103. The summed E-state index contributed by atoms with van der Waals surface area (Å²) in [4.78, 5) is 17.8. The molecule has 0 unspecified atom stereocenters. The van der Waals surface area contributed by atoms with Crippen molar-refractivity contribution in [3.05, 3.63) is 144 Å². The molecule has 0 aliphatic carbocycles. The number of hydrogen-bond donors (Lipinski definition) is 2. The summed E-state index contributed by atoms with van der Waals surface area (Å²) in [5.74, 6) is 2.49. The molecule has 50 heavy (non-hydrogen) atoms.